The number of carbonyl (C=O) groups is 1. The number of amides is 1. The lowest BCUT2D eigenvalue weighted by atomic mass is 10.3. The van der Waals surface area contributed by atoms with E-state index in [-0.39, 0.29) is 13.1 Å². The van der Waals surface area contributed by atoms with Gasteiger partial charge in [0, 0.05) is 13.1 Å². The van der Waals surface area contributed by atoms with E-state index >= 15 is 0 Å². The molecule has 0 heterocycles. The molecule has 0 saturated heterocycles. The first-order valence-corrected chi connectivity index (χ1v) is 4.97. The third-order valence-corrected chi connectivity index (χ3v) is 2.37. The van der Waals surface area contributed by atoms with Crippen molar-refractivity contribution in [3.05, 3.63) is 0 Å². The summed E-state index contributed by atoms with van der Waals surface area (Å²) in [5.41, 5.74) is 5.14. The Labute approximate surface area is 86.4 Å². The molecule has 0 radical (unpaired) electrons. The van der Waals surface area contributed by atoms with E-state index in [4.69, 9.17) is 5.73 Å². The fraction of sp³-hybridized carbons (Fsp3) is 0.889. The standard InChI is InChI=1S/C9H15F3N2O/c10-9(11,12)3-4-14(8(15)5-13)6-7-1-2-7/h7H,1-6,13H2. The number of halogens is 3. The fourth-order valence-corrected chi connectivity index (χ4v) is 1.32. The van der Waals surface area contributed by atoms with E-state index in [9.17, 15) is 18.0 Å². The molecule has 1 aliphatic rings. The smallest absolute Gasteiger partial charge is 0.341 e. The first kappa shape index (κ1) is 12.3. The van der Waals surface area contributed by atoms with Crippen LogP contribution in [0, 0.1) is 5.92 Å². The van der Waals surface area contributed by atoms with Crippen molar-refractivity contribution in [2.45, 2.75) is 25.4 Å². The minimum absolute atomic E-state index is 0.218. The van der Waals surface area contributed by atoms with E-state index in [0.717, 1.165) is 12.8 Å². The quantitative estimate of drug-likeness (QED) is 0.761. The molecule has 3 nitrogen and oxygen atoms in total. The van der Waals surface area contributed by atoms with Crippen LogP contribution in [-0.2, 0) is 4.79 Å². The Morgan fingerprint density at radius 2 is 2.00 bits per heavy atom. The summed E-state index contributed by atoms with van der Waals surface area (Å²) in [4.78, 5) is 12.5. The molecular formula is C9H15F3N2O. The molecule has 0 spiro atoms. The first-order valence-electron chi connectivity index (χ1n) is 4.97. The molecule has 1 saturated carbocycles. The lowest BCUT2D eigenvalue weighted by Gasteiger charge is -2.22. The Morgan fingerprint density at radius 1 is 1.40 bits per heavy atom. The van der Waals surface area contributed by atoms with E-state index in [1.54, 1.807) is 0 Å². The van der Waals surface area contributed by atoms with Crippen LogP contribution in [0.3, 0.4) is 0 Å². The zero-order valence-corrected chi connectivity index (χ0v) is 8.39. The van der Waals surface area contributed by atoms with Crippen molar-refractivity contribution < 1.29 is 18.0 Å². The van der Waals surface area contributed by atoms with Crippen molar-refractivity contribution in [3.63, 3.8) is 0 Å². The minimum Gasteiger partial charge on any atom is -0.341 e. The van der Waals surface area contributed by atoms with Crippen LogP contribution in [0.15, 0.2) is 0 Å². The summed E-state index contributed by atoms with van der Waals surface area (Å²) in [7, 11) is 0. The van der Waals surface area contributed by atoms with Crippen LogP contribution < -0.4 is 5.73 Å². The maximum atomic E-state index is 12.0. The molecule has 2 N–H and O–H groups in total. The lowest BCUT2D eigenvalue weighted by Crippen LogP contribution is -2.39. The monoisotopic (exact) mass is 224 g/mol. The van der Waals surface area contributed by atoms with Gasteiger partial charge < -0.3 is 10.6 Å². The molecule has 0 bridgehead atoms. The second-order valence-corrected chi connectivity index (χ2v) is 3.85. The normalized spacial score (nSPS) is 16.5. The van der Waals surface area contributed by atoms with Crippen molar-refractivity contribution >= 4 is 5.91 Å². The number of carbonyl (C=O) groups excluding carboxylic acids is 1. The SMILES string of the molecule is NCC(=O)N(CCC(F)(F)F)CC1CC1. The molecule has 0 aliphatic heterocycles. The molecule has 1 fully saturated rings. The molecule has 1 amide bonds. The number of rotatable bonds is 5. The van der Waals surface area contributed by atoms with Crippen molar-refractivity contribution in [3.8, 4) is 0 Å². The maximum absolute atomic E-state index is 12.0. The van der Waals surface area contributed by atoms with E-state index in [1.807, 2.05) is 0 Å². The van der Waals surface area contributed by atoms with Crippen molar-refractivity contribution in [1.29, 1.82) is 0 Å². The van der Waals surface area contributed by atoms with Gasteiger partial charge in [0.1, 0.15) is 0 Å². The molecule has 0 unspecified atom stereocenters. The van der Waals surface area contributed by atoms with Crippen LogP contribution in [0.25, 0.3) is 0 Å². The summed E-state index contributed by atoms with van der Waals surface area (Å²) in [5, 5.41) is 0. The van der Waals surface area contributed by atoms with Crippen molar-refractivity contribution in [2.24, 2.45) is 11.7 Å². The highest BCUT2D eigenvalue weighted by Crippen LogP contribution is 2.30. The minimum atomic E-state index is -4.21. The Kier molecular flexibility index (Phi) is 3.96. The number of hydrogen-bond donors (Lipinski definition) is 1. The van der Waals surface area contributed by atoms with E-state index < -0.39 is 18.5 Å². The average molecular weight is 224 g/mol. The van der Waals surface area contributed by atoms with Crippen LogP contribution in [0.1, 0.15) is 19.3 Å². The number of hydrogen-bond acceptors (Lipinski definition) is 2. The van der Waals surface area contributed by atoms with E-state index in [0.29, 0.717) is 12.5 Å². The molecule has 1 aliphatic carbocycles. The van der Waals surface area contributed by atoms with Gasteiger partial charge >= 0.3 is 6.18 Å². The van der Waals surface area contributed by atoms with Crippen LogP contribution in [0.2, 0.25) is 0 Å². The van der Waals surface area contributed by atoms with Gasteiger partial charge in [-0.25, -0.2) is 0 Å². The molecule has 0 aromatic rings. The molecule has 0 aromatic heterocycles. The lowest BCUT2D eigenvalue weighted by molar-refractivity contribution is -0.144. The van der Waals surface area contributed by atoms with Crippen LogP contribution in [0.5, 0.6) is 0 Å². The Balaban J connectivity index is 2.37. The largest absolute Gasteiger partial charge is 0.390 e. The molecule has 88 valence electrons. The highest BCUT2D eigenvalue weighted by atomic mass is 19.4. The molecular weight excluding hydrogens is 209 g/mol. The molecule has 0 atom stereocenters. The Bertz CT molecular complexity index is 226. The second-order valence-electron chi connectivity index (χ2n) is 3.85. The zero-order chi connectivity index (χ0) is 11.5. The average Bonchev–Trinajstić information content (AvgIpc) is 2.93. The van der Waals surface area contributed by atoms with Gasteiger partial charge in [-0.05, 0) is 18.8 Å². The third-order valence-electron chi connectivity index (χ3n) is 2.37. The van der Waals surface area contributed by atoms with Gasteiger partial charge in [0.05, 0.1) is 13.0 Å². The van der Waals surface area contributed by atoms with Gasteiger partial charge in [-0.2, -0.15) is 13.2 Å². The molecule has 15 heavy (non-hydrogen) atoms. The zero-order valence-electron chi connectivity index (χ0n) is 8.39. The van der Waals surface area contributed by atoms with Crippen LogP contribution >= 0.6 is 0 Å². The highest BCUT2D eigenvalue weighted by Gasteiger charge is 2.31. The molecule has 1 rings (SSSR count). The summed E-state index contributed by atoms with van der Waals surface area (Å²) in [6.07, 6.45) is -3.16. The summed E-state index contributed by atoms with van der Waals surface area (Å²) in [5.74, 6) is -0.0140. The van der Waals surface area contributed by atoms with Gasteiger partial charge in [-0.1, -0.05) is 0 Å². The predicted molar refractivity (Wildman–Crippen MR) is 49.0 cm³/mol. The van der Waals surface area contributed by atoms with Crippen LogP contribution in [-0.4, -0.2) is 36.6 Å². The van der Waals surface area contributed by atoms with Gasteiger partial charge in [-0.3, -0.25) is 4.79 Å². The Morgan fingerprint density at radius 3 is 2.40 bits per heavy atom. The summed E-state index contributed by atoms with van der Waals surface area (Å²) >= 11 is 0. The number of alkyl halides is 3. The highest BCUT2D eigenvalue weighted by molar-refractivity contribution is 5.78. The van der Waals surface area contributed by atoms with Crippen molar-refractivity contribution in [2.75, 3.05) is 19.6 Å². The predicted octanol–water partition coefficient (Wildman–Crippen LogP) is 1.14. The molecule has 0 aromatic carbocycles. The first-order chi connectivity index (χ1) is 6.92. The van der Waals surface area contributed by atoms with Gasteiger partial charge in [0.25, 0.3) is 0 Å². The second kappa shape index (κ2) is 4.83. The molecule has 6 heteroatoms. The van der Waals surface area contributed by atoms with Crippen molar-refractivity contribution in [1.82, 2.24) is 4.90 Å². The Hall–Kier alpha value is -0.780. The number of nitrogens with zero attached hydrogens (tertiary/aromatic N) is 1. The summed E-state index contributed by atoms with van der Waals surface area (Å²) in [6.45, 7) is -0.0628. The third kappa shape index (κ3) is 5.01. The van der Waals surface area contributed by atoms with Gasteiger partial charge in [-0.15, -0.1) is 0 Å². The maximum Gasteiger partial charge on any atom is 0.390 e. The van der Waals surface area contributed by atoms with E-state index in [2.05, 4.69) is 0 Å². The van der Waals surface area contributed by atoms with Crippen LogP contribution in [0.4, 0.5) is 13.2 Å². The number of nitrogens with two attached hydrogens (primary N) is 1. The topological polar surface area (TPSA) is 46.3 Å². The summed E-state index contributed by atoms with van der Waals surface area (Å²) < 4.78 is 35.9. The van der Waals surface area contributed by atoms with E-state index in [1.165, 1.54) is 4.90 Å². The summed E-state index contributed by atoms with van der Waals surface area (Å²) in [6, 6.07) is 0. The van der Waals surface area contributed by atoms with Gasteiger partial charge in [0.2, 0.25) is 5.91 Å². The van der Waals surface area contributed by atoms with Gasteiger partial charge in [0.15, 0.2) is 0 Å². The fourth-order valence-electron chi connectivity index (χ4n) is 1.32.